The minimum Gasteiger partial charge on any atom is -0.317 e. The van der Waals surface area contributed by atoms with Crippen molar-refractivity contribution in [1.29, 1.82) is 0 Å². The summed E-state index contributed by atoms with van der Waals surface area (Å²) in [6.07, 6.45) is 8.73. The number of hydrogen-bond donors (Lipinski definition) is 1. The van der Waals surface area contributed by atoms with E-state index in [1.54, 1.807) is 0 Å². The van der Waals surface area contributed by atoms with Crippen LogP contribution in [0.4, 0.5) is 0 Å². The van der Waals surface area contributed by atoms with Gasteiger partial charge in [-0.05, 0) is 77.8 Å². The van der Waals surface area contributed by atoms with Gasteiger partial charge in [0.15, 0.2) is 0 Å². The monoisotopic (exact) mass is 437 g/mol. The van der Waals surface area contributed by atoms with Gasteiger partial charge in [0, 0.05) is 37.8 Å². The minimum absolute atomic E-state index is 0. The first-order valence-corrected chi connectivity index (χ1v) is 9.18. The standard InChI is InChI=1S/C18H35N3.4ClH/c1-17(2,3)21-14-12-20(13-15-21)16-4-6-18(7-5-16)8-10-19-11-9-18;;;;/h16,19H,4-15H2,1-3H3;4*1H. The second-order valence-electron chi connectivity index (χ2n) is 8.68. The Labute approximate surface area is 180 Å². The summed E-state index contributed by atoms with van der Waals surface area (Å²) in [5.74, 6) is 0. The van der Waals surface area contributed by atoms with Crippen LogP contribution in [-0.2, 0) is 0 Å². The summed E-state index contributed by atoms with van der Waals surface area (Å²) in [6, 6.07) is 0.882. The molecule has 0 aromatic rings. The summed E-state index contributed by atoms with van der Waals surface area (Å²) in [7, 11) is 0. The van der Waals surface area contributed by atoms with E-state index in [-0.39, 0.29) is 49.6 Å². The molecule has 0 amide bonds. The van der Waals surface area contributed by atoms with Crippen molar-refractivity contribution in [1.82, 2.24) is 15.1 Å². The molecular formula is C18H39Cl4N3. The molecule has 3 fully saturated rings. The van der Waals surface area contributed by atoms with Gasteiger partial charge >= 0.3 is 0 Å². The van der Waals surface area contributed by atoms with Gasteiger partial charge in [0.05, 0.1) is 0 Å². The van der Waals surface area contributed by atoms with Gasteiger partial charge in [-0.1, -0.05) is 0 Å². The van der Waals surface area contributed by atoms with Crippen LogP contribution in [0, 0.1) is 5.41 Å². The number of nitrogens with one attached hydrogen (secondary N) is 1. The average molecular weight is 439 g/mol. The number of rotatable bonds is 1. The highest BCUT2D eigenvalue weighted by molar-refractivity contribution is 5.86. The van der Waals surface area contributed by atoms with Crippen molar-refractivity contribution in [2.45, 2.75) is 70.9 Å². The van der Waals surface area contributed by atoms with E-state index in [4.69, 9.17) is 0 Å². The number of nitrogens with zero attached hydrogens (tertiary/aromatic N) is 2. The third-order valence-corrected chi connectivity index (χ3v) is 6.46. The molecule has 0 aromatic carbocycles. The van der Waals surface area contributed by atoms with Crippen LogP contribution in [0.1, 0.15) is 59.3 Å². The molecule has 3 nitrogen and oxygen atoms in total. The molecule has 1 N–H and O–H groups in total. The Morgan fingerprint density at radius 3 is 1.68 bits per heavy atom. The van der Waals surface area contributed by atoms with Crippen LogP contribution in [0.15, 0.2) is 0 Å². The molecule has 3 rings (SSSR count). The molecule has 3 aliphatic rings. The van der Waals surface area contributed by atoms with Crippen LogP contribution in [0.2, 0.25) is 0 Å². The maximum Gasteiger partial charge on any atom is 0.0126 e. The van der Waals surface area contributed by atoms with Gasteiger partial charge in [-0.15, -0.1) is 49.6 Å². The first-order valence-electron chi connectivity index (χ1n) is 9.18. The second-order valence-corrected chi connectivity index (χ2v) is 8.68. The van der Waals surface area contributed by atoms with Gasteiger partial charge in [-0.3, -0.25) is 9.80 Å². The van der Waals surface area contributed by atoms with Crippen molar-refractivity contribution in [3.05, 3.63) is 0 Å². The van der Waals surface area contributed by atoms with E-state index >= 15 is 0 Å². The fourth-order valence-electron chi connectivity index (χ4n) is 4.80. The molecule has 1 saturated carbocycles. The van der Waals surface area contributed by atoms with Crippen molar-refractivity contribution in [3.63, 3.8) is 0 Å². The van der Waals surface area contributed by atoms with Crippen molar-refractivity contribution in [3.8, 4) is 0 Å². The molecule has 0 aromatic heterocycles. The minimum atomic E-state index is 0. The lowest BCUT2D eigenvalue weighted by Gasteiger charge is -2.49. The normalized spacial score (nSPS) is 25.1. The Morgan fingerprint density at radius 1 is 0.760 bits per heavy atom. The first-order chi connectivity index (χ1) is 9.99. The zero-order valence-corrected chi connectivity index (χ0v) is 19.4. The van der Waals surface area contributed by atoms with Gasteiger partial charge in [0.1, 0.15) is 0 Å². The van der Waals surface area contributed by atoms with Crippen molar-refractivity contribution >= 4 is 49.6 Å². The Morgan fingerprint density at radius 2 is 1.24 bits per heavy atom. The molecule has 2 heterocycles. The number of piperazine rings is 1. The summed E-state index contributed by atoms with van der Waals surface area (Å²) >= 11 is 0. The second kappa shape index (κ2) is 11.8. The molecule has 0 unspecified atom stereocenters. The van der Waals surface area contributed by atoms with E-state index in [1.807, 2.05) is 0 Å². The topological polar surface area (TPSA) is 18.5 Å². The molecule has 1 spiro atoms. The highest BCUT2D eigenvalue weighted by Gasteiger charge is 2.38. The fourth-order valence-corrected chi connectivity index (χ4v) is 4.80. The Hall–Kier alpha value is 1.04. The smallest absolute Gasteiger partial charge is 0.0126 e. The van der Waals surface area contributed by atoms with Crippen molar-refractivity contribution < 1.29 is 0 Å². The van der Waals surface area contributed by atoms with Gasteiger partial charge in [0.2, 0.25) is 0 Å². The van der Waals surface area contributed by atoms with E-state index in [9.17, 15) is 0 Å². The van der Waals surface area contributed by atoms with Crippen LogP contribution in [0.5, 0.6) is 0 Å². The molecule has 7 heteroatoms. The third kappa shape index (κ3) is 7.18. The van der Waals surface area contributed by atoms with E-state index in [0.717, 1.165) is 11.5 Å². The SMILES string of the molecule is CC(C)(C)N1CCN(C2CCC3(CCNCC3)CC2)CC1.Cl.Cl.Cl.Cl. The lowest BCUT2D eigenvalue weighted by Crippen LogP contribution is -2.56. The van der Waals surface area contributed by atoms with Gasteiger partial charge in [-0.25, -0.2) is 0 Å². The Kier molecular flexibility index (Phi) is 13.3. The number of piperidine rings is 1. The van der Waals surface area contributed by atoms with Crippen LogP contribution >= 0.6 is 49.6 Å². The highest BCUT2D eigenvalue weighted by atomic mass is 35.5. The molecule has 0 bridgehead atoms. The summed E-state index contributed by atoms with van der Waals surface area (Å²) < 4.78 is 0. The third-order valence-electron chi connectivity index (χ3n) is 6.46. The van der Waals surface area contributed by atoms with Crippen LogP contribution in [-0.4, -0.2) is 60.6 Å². The van der Waals surface area contributed by atoms with Crippen LogP contribution < -0.4 is 5.32 Å². The lowest BCUT2D eigenvalue weighted by atomic mass is 9.67. The van der Waals surface area contributed by atoms with Crippen LogP contribution in [0.25, 0.3) is 0 Å². The predicted molar refractivity (Wildman–Crippen MR) is 119 cm³/mol. The molecule has 25 heavy (non-hydrogen) atoms. The van der Waals surface area contributed by atoms with Gasteiger partial charge < -0.3 is 5.32 Å². The molecule has 2 saturated heterocycles. The summed E-state index contributed by atoms with van der Waals surface area (Å²) in [5, 5.41) is 3.53. The lowest BCUT2D eigenvalue weighted by molar-refractivity contribution is 0.0119. The molecule has 2 aliphatic heterocycles. The molecule has 154 valence electrons. The molecule has 0 atom stereocenters. The maximum absolute atomic E-state index is 3.53. The Bertz CT molecular complexity index is 339. The molecular weight excluding hydrogens is 400 g/mol. The molecule has 0 radical (unpaired) electrons. The summed E-state index contributed by atoms with van der Waals surface area (Å²) in [6.45, 7) is 14.7. The average Bonchev–Trinajstić information content (AvgIpc) is 2.48. The zero-order valence-electron chi connectivity index (χ0n) is 16.1. The number of halogens is 4. The fraction of sp³-hybridized carbons (Fsp3) is 1.00. The van der Waals surface area contributed by atoms with Gasteiger partial charge in [0.25, 0.3) is 0 Å². The highest BCUT2D eigenvalue weighted by Crippen LogP contribution is 2.44. The van der Waals surface area contributed by atoms with E-state index in [2.05, 4.69) is 35.9 Å². The quantitative estimate of drug-likeness (QED) is 0.654. The van der Waals surface area contributed by atoms with E-state index in [0.29, 0.717) is 5.54 Å². The predicted octanol–water partition coefficient (Wildman–Crippen LogP) is 4.40. The van der Waals surface area contributed by atoms with Crippen LogP contribution in [0.3, 0.4) is 0 Å². The maximum atomic E-state index is 3.53. The zero-order chi connectivity index (χ0) is 14.9. The van der Waals surface area contributed by atoms with Gasteiger partial charge in [-0.2, -0.15) is 0 Å². The summed E-state index contributed by atoms with van der Waals surface area (Å²) in [5.41, 5.74) is 1.06. The largest absolute Gasteiger partial charge is 0.317 e. The molecule has 1 aliphatic carbocycles. The summed E-state index contributed by atoms with van der Waals surface area (Å²) in [4.78, 5) is 5.46. The van der Waals surface area contributed by atoms with E-state index in [1.165, 1.54) is 77.8 Å². The first kappa shape index (κ1) is 28.3. The van der Waals surface area contributed by atoms with Crippen molar-refractivity contribution in [2.24, 2.45) is 5.41 Å². The Balaban J connectivity index is 0. The van der Waals surface area contributed by atoms with E-state index < -0.39 is 0 Å². The number of hydrogen-bond acceptors (Lipinski definition) is 3. The van der Waals surface area contributed by atoms with Crippen molar-refractivity contribution in [2.75, 3.05) is 39.3 Å².